The summed E-state index contributed by atoms with van der Waals surface area (Å²) in [5.74, 6) is 0.375. The molecule has 0 aliphatic rings. The number of halogens is 1. The third-order valence-corrected chi connectivity index (χ3v) is 4.27. The van der Waals surface area contributed by atoms with E-state index in [-0.39, 0.29) is 23.1 Å². The maximum absolute atomic E-state index is 12.3. The van der Waals surface area contributed by atoms with Crippen molar-refractivity contribution in [2.24, 2.45) is 5.41 Å². The molecule has 21 heavy (non-hydrogen) atoms. The van der Waals surface area contributed by atoms with Gasteiger partial charge in [-0.1, -0.05) is 25.4 Å². The van der Waals surface area contributed by atoms with E-state index in [1.807, 2.05) is 0 Å². The summed E-state index contributed by atoms with van der Waals surface area (Å²) in [5.41, 5.74) is 0.414. The molecular formula is C15H24ClN3O2. The van der Waals surface area contributed by atoms with Crippen LogP contribution in [0.1, 0.15) is 43.5 Å². The van der Waals surface area contributed by atoms with E-state index >= 15 is 0 Å². The summed E-state index contributed by atoms with van der Waals surface area (Å²) in [4.78, 5) is 16.3. The lowest BCUT2D eigenvalue weighted by Crippen LogP contribution is -2.37. The molecule has 0 bridgehead atoms. The van der Waals surface area contributed by atoms with Crippen molar-refractivity contribution in [3.05, 3.63) is 22.8 Å². The number of amides is 1. The van der Waals surface area contributed by atoms with Crippen LogP contribution in [0.4, 0.5) is 5.82 Å². The van der Waals surface area contributed by atoms with E-state index in [1.165, 1.54) is 0 Å². The van der Waals surface area contributed by atoms with Crippen molar-refractivity contribution in [1.82, 2.24) is 10.3 Å². The number of hydrogen-bond acceptors (Lipinski definition) is 4. The molecule has 1 aromatic rings. The predicted octanol–water partition coefficient (Wildman–Crippen LogP) is 2.70. The Balaban J connectivity index is 2.79. The molecule has 1 amide bonds. The minimum Gasteiger partial charge on any atom is -0.396 e. The van der Waals surface area contributed by atoms with Gasteiger partial charge in [0.15, 0.2) is 0 Å². The van der Waals surface area contributed by atoms with Crippen molar-refractivity contribution in [3.63, 3.8) is 0 Å². The molecular weight excluding hydrogens is 290 g/mol. The van der Waals surface area contributed by atoms with Crippen LogP contribution in [0, 0.1) is 5.41 Å². The standard InChI is InChI=1S/C15H24ClN3O2/c1-4-15(5-2,6-7-20)10-18-14(21)11-8-12(16)19-13(9-11)17-3/h8-9,20H,4-7,10H2,1-3H3,(H,17,19)(H,18,21). The highest BCUT2D eigenvalue weighted by atomic mass is 35.5. The number of nitrogens with one attached hydrogen (secondary N) is 2. The lowest BCUT2D eigenvalue weighted by Gasteiger charge is -2.31. The van der Waals surface area contributed by atoms with Crippen molar-refractivity contribution in [3.8, 4) is 0 Å². The number of carbonyl (C=O) groups excluding carboxylic acids is 1. The molecule has 118 valence electrons. The van der Waals surface area contributed by atoms with Gasteiger partial charge in [0.2, 0.25) is 0 Å². The Morgan fingerprint density at radius 1 is 1.38 bits per heavy atom. The molecule has 0 radical (unpaired) electrons. The first kappa shape index (κ1) is 17.7. The quantitative estimate of drug-likeness (QED) is 0.645. The Morgan fingerprint density at radius 2 is 2.05 bits per heavy atom. The van der Waals surface area contributed by atoms with Gasteiger partial charge < -0.3 is 15.7 Å². The van der Waals surface area contributed by atoms with Gasteiger partial charge in [0.1, 0.15) is 11.0 Å². The molecule has 5 nitrogen and oxygen atoms in total. The summed E-state index contributed by atoms with van der Waals surface area (Å²) in [6.45, 7) is 4.82. The summed E-state index contributed by atoms with van der Waals surface area (Å²) in [6.07, 6.45) is 2.49. The SMILES string of the molecule is CCC(CC)(CCO)CNC(=O)c1cc(Cl)nc(NC)c1. The maximum atomic E-state index is 12.3. The lowest BCUT2D eigenvalue weighted by atomic mass is 9.79. The Kier molecular flexibility index (Phi) is 6.92. The van der Waals surface area contributed by atoms with Crippen molar-refractivity contribution in [2.45, 2.75) is 33.1 Å². The first-order valence-electron chi connectivity index (χ1n) is 7.24. The Bertz CT molecular complexity index is 476. The third kappa shape index (κ3) is 4.86. The van der Waals surface area contributed by atoms with Gasteiger partial charge in [-0.3, -0.25) is 4.79 Å². The van der Waals surface area contributed by atoms with Crippen LogP contribution in [0.15, 0.2) is 12.1 Å². The molecule has 0 atom stereocenters. The summed E-state index contributed by atoms with van der Waals surface area (Å²) in [7, 11) is 1.72. The molecule has 0 aliphatic heterocycles. The Hall–Kier alpha value is -1.33. The monoisotopic (exact) mass is 313 g/mol. The lowest BCUT2D eigenvalue weighted by molar-refractivity contribution is 0.0907. The van der Waals surface area contributed by atoms with Crippen LogP contribution in [0.3, 0.4) is 0 Å². The topological polar surface area (TPSA) is 74.2 Å². The van der Waals surface area contributed by atoms with E-state index in [0.29, 0.717) is 24.3 Å². The van der Waals surface area contributed by atoms with E-state index < -0.39 is 0 Å². The van der Waals surface area contributed by atoms with Gasteiger partial charge in [0.25, 0.3) is 5.91 Å². The highest BCUT2D eigenvalue weighted by Crippen LogP contribution is 2.29. The molecule has 0 fully saturated rings. The van der Waals surface area contributed by atoms with Crippen molar-refractivity contribution >= 4 is 23.3 Å². The number of aliphatic hydroxyl groups is 1. The largest absolute Gasteiger partial charge is 0.396 e. The normalized spacial score (nSPS) is 11.3. The second-order valence-electron chi connectivity index (χ2n) is 5.18. The van der Waals surface area contributed by atoms with E-state index in [9.17, 15) is 9.90 Å². The number of nitrogens with zero attached hydrogens (tertiary/aromatic N) is 1. The van der Waals surface area contributed by atoms with Crippen LogP contribution in [0.5, 0.6) is 0 Å². The van der Waals surface area contributed by atoms with Gasteiger partial charge >= 0.3 is 0 Å². The van der Waals surface area contributed by atoms with E-state index in [1.54, 1.807) is 19.2 Å². The molecule has 3 N–H and O–H groups in total. The molecule has 1 heterocycles. The maximum Gasteiger partial charge on any atom is 0.251 e. The smallest absolute Gasteiger partial charge is 0.251 e. The summed E-state index contributed by atoms with van der Waals surface area (Å²) in [6, 6.07) is 3.20. The number of aliphatic hydroxyl groups excluding tert-OH is 1. The molecule has 0 aliphatic carbocycles. The fourth-order valence-electron chi connectivity index (χ4n) is 2.31. The van der Waals surface area contributed by atoms with Crippen LogP contribution >= 0.6 is 11.6 Å². The fraction of sp³-hybridized carbons (Fsp3) is 0.600. The van der Waals surface area contributed by atoms with E-state index in [4.69, 9.17) is 11.6 Å². The fourth-order valence-corrected chi connectivity index (χ4v) is 2.51. The number of anilines is 1. The Morgan fingerprint density at radius 3 is 2.57 bits per heavy atom. The molecule has 0 spiro atoms. The average molecular weight is 314 g/mol. The molecule has 0 saturated carbocycles. The van der Waals surface area contributed by atoms with Crippen LogP contribution in [-0.2, 0) is 0 Å². The van der Waals surface area contributed by atoms with Crippen LogP contribution in [-0.4, -0.2) is 36.2 Å². The minimum absolute atomic E-state index is 0.0624. The van der Waals surface area contributed by atoms with Crippen molar-refractivity contribution in [2.75, 3.05) is 25.5 Å². The van der Waals surface area contributed by atoms with Crippen LogP contribution in [0.25, 0.3) is 0 Å². The zero-order valence-electron chi connectivity index (χ0n) is 12.9. The van der Waals surface area contributed by atoms with Gasteiger partial charge in [-0.05, 0) is 36.8 Å². The van der Waals surface area contributed by atoms with Gasteiger partial charge in [0.05, 0.1) is 0 Å². The average Bonchev–Trinajstić information content (AvgIpc) is 2.50. The Labute approximate surface area is 131 Å². The second kappa shape index (κ2) is 8.20. The molecule has 1 aromatic heterocycles. The number of pyridine rings is 1. The number of rotatable bonds is 8. The van der Waals surface area contributed by atoms with Crippen LogP contribution < -0.4 is 10.6 Å². The molecule has 1 rings (SSSR count). The zero-order chi connectivity index (χ0) is 15.9. The van der Waals surface area contributed by atoms with Gasteiger partial charge in [-0.15, -0.1) is 0 Å². The van der Waals surface area contributed by atoms with Crippen molar-refractivity contribution in [1.29, 1.82) is 0 Å². The van der Waals surface area contributed by atoms with Gasteiger partial charge in [-0.2, -0.15) is 0 Å². The first-order valence-corrected chi connectivity index (χ1v) is 7.62. The highest BCUT2D eigenvalue weighted by Gasteiger charge is 2.26. The third-order valence-electron chi connectivity index (χ3n) is 4.08. The minimum atomic E-state index is -0.181. The predicted molar refractivity (Wildman–Crippen MR) is 85.8 cm³/mol. The molecule has 0 unspecified atom stereocenters. The number of hydrogen-bond donors (Lipinski definition) is 3. The van der Waals surface area contributed by atoms with Gasteiger partial charge in [0, 0.05) is 25.8 Å². The molecule has 0 aromatic carbocycles. The zero-order valence-corrected chi connectivity index (χ0v) is 13.6. The summed E-state index contributed by atoms with van der Waals surface area (Å²) in [5, 5.41) is 15.3. The second-order valence-corrected chi connectivity index (χ2v) is 5.56. The molecule has 0 saturated heterocycles. The van der Waals surface area contributed by atoms with E-state index in [0.717, 1.165) is 12.8 Å². The number of carbonyl (C=O) groups is 1. The van der Waals surface area contributed by atoms with E-state index in [2.05, 4.69) is 29.5 Å². The van der Waals surface area contributed by atoms with Gasteiger partial charge in [-0.25, -0.2) is 4.98 Å². The first-order chi connectivity index (χ1) is 10.00. The van der Waals surface area contributed by atoms with Crippen molar-refractivity contribution < 1.29 is 9.90 Å². The van der Waals surface area contributed by atoms with Crippen LogP contribution in [0.2, 0.25) is 5.15 Å². The summed E-state index contributed by atoms with van der Waals surface area (Å²) >= 11 is 5.90. The molecule has 6 heteroatoms. The highest BCUT2D eigenvalue weighted by molar-refractivity contribution is 6.29. The summed E-state index contributed by atoms with van der Waals surface area (Å²) < 4.78 is 0. The number of aromatic nitrogens is 1.